The van der Waals surface area contributed by atoms with Crippen LogP contribution in [0.3, 0.4) is 0 Å². The number of carbonyl (C=O) groups is 1. The molecule has 168 valence electrons. The first-order chi connectivity index (χ1) is 16.5. The first-order valence-corrected chi connectivity index (χ1v) is 11.4. The number of nitrogens with zero attached hydrogens (tertiary/aromatic N) is 3. The van der Waals surface area contributed by atoms with Crippen molar-refractivity contribution in [3.05, 3.63) is 101 Å². The smallest absolute Gasteiger partial charge is 0.272 e. The average molecular weight is 486 g/mol. The predicted octanol–water partition coefficient (Wildman–Crippen LogP) is 5.01. The van der Waals surface area contributed by atoms with E-state index in [1.54, 1.807) is 30.4 Å². The van der Waals surface area contributed by atoms with Gasteiger partial charge in [0, 0.05) is 52.1 Å². The minimum atomic E-state index is -0.928. The van der Waals surface area contributed by atoms with Crippen molar-refractivity contribution in [3.8, 4) is 0 Å². The lowest BCUT2D eigenvalue weighted by molar-refractivity contribution is -0.119. The SMILES string of the molecule is CN1C(=O)C(NC(=S)Nc2cccc3cnccc23)N=C(c2ccccc2)c2cc(Cl)ccc21. The highest BCUT2D eigenvalue weighted by molar-refractivity contribution is 7.80. The van der Waals surface area contributed by atoms with Crippen molar-refractivity contribution in [2.45, 2.75) is 6.17 Å². The van der Waals surface area contributed by atoms with Gasteiger partial charge < -0.3 is 15.5 Å². The zero-order valence-electron chi connectivity index (χ0n) is 18.2. The van der Waals surface area contributed by atoms with Gasteiger partial charge in [-0.3, -0.25) is 9.78 Å². The maximum absolute atomic E-state index is 13.4. The van der Waals surface area contributed by atoms with Crippen LogP contribution in [0.25, 0.3) is 10.8 Å². The molecule has 3 aromatic carbocycles. The van der Waals surface area contributed by atoms with Crippen molar-refractivity contribution in [1.29, 1.82) is 0 Å². The molecule has 0 radical (unpaired) electrons. The molecule has 4 aromatic rings. The number of rotatable bonds is 3. The third-order valence-corrected chi connectivity index (χ3v) is 6.10. The summed E-state index contributed by atoms with van der Waals surface area (Å²) < 4.78 is 0. The second-order valence-electron chi connectivity index (χ2n) is 7.81. The molecule has 1 unspecified atom stereocenters. The molecule has 0 saturated carbocycles. The van der Waals surface area contributed by atoms with Gasteiger partial charge in [0.25, 0.3) is 5.91 Å². The molecule has 0 aliphatic carbocycles. The van der Waals surface area contributed by atoms with Crippen molar-refractivity contribution in [2.75, 3.05) is 17.3 Å². The number of benzene rings is 3. The first kappa shape index (κ1) is 22.0. The van der Waals surface area contributed by atoms with Crippen molar-refractivity contribution in [1.82, 2.24) is 10.3 Å². The van der Waals surface area contributed by atoms with Gasteiger partial charge in [-0.2, -0.15) is 0 Å². The molecule has 1 aliphatic rings. The Kier molecular flexibility index (Phi) is 5.96. The predicted molar refractivity (Wildman–Crippen MR) is 142 cm³/mol. The lowest BCUT2D eigenvalue weighted by atomic mass is 10.0. The first-order valence-electron chi connectivity index (χ1n) is 10.6. The van der Waals surface area contributed by atoms with E-state index in [9.17, 15) is 4.79 Å². The molecule has 1 amide bonds. The lowest BCUT2D eigenvalue weighted by Crippen LogP contribution is -2.47. The van der Waals surface area contributed by atoms with Crippen LogP contribution in [0.5, 0.6) is 0 Å². The van der Waals surface area contributed by atoms with Crippen LogP contribution in [0.15, 0.2) is 90.2 Å². The number of likely N-dealkylation sites (N-methyl/N-ethyl adjacent to an activating group) is 1. The molecule has 2 heterocycles. The number of thiocarbonyl (C=S) groups is 1. The molecule has 0 saturated heterocycles. The van der Waals surface area contributed by atoms with E-state index in [0.29, 0.717) is 10.7 Å². The van der Waals surface area contributed by atoms with E-state index < -0.39 is 6.17 Å². The number of benzodiazepines with no additional fused rings is 1. The van der Waals surface area contributed by atoms with E-state index in [4.69, 9.17) is 28.8 Å². The number of amides is 1. The van der Waals surface area contributed by atoms with Gasteiger partial charge in [-0.15, -0.1) is 0 Å². The molecule has 0 fully saturated rings. The van der Waals surface area contributed by atoms with E-state index in [-0.39, 0.29) is 11.0 Å². The molecule has 1 aromatic heterocycles. The normalized spacial score (nSPS) is 15.4. The van der Waals surface area contributed by atoms with Gasteiger partial charge in [-0.25, -0.2) is 4.99 Å². The summed E-state index contributed by atoms with van der Waals surface area (Å²) in [6.45, 7) is 0. The zero-order chi connectivity index (χ0) is 23.7. The highest BCUT2D eigenvalue weighted by atomic mass is 35.5. The largest absolute Gasteiger partial charge is 0.333 e. The zero-order valence-corrected chi connectivity index (χ0v) is 19.8. The van der Waals surface area contributed by atoms with E-state index in [1.165, 1.54) is 0 Å². The monoisotopic (exact) mass is 485 g/mol. The third-order valence-electron chi connectivity index (χ3n) is 5.64. The number of hydrogen-bond donors (Lipinski definition) is 2. The molecule has 6 nitrogen and oxygen atoms in total. The van der Waals surface area contributed by atoms with Gasteiger partial charge in [0.1, 0.15) is 0 Å². The summed E-state index contributed by atoms with van der Waals surface area (Å²) in [5.74, 6) is -0.235. The molecule has 0 bridgehead atoms. The number of halogens is 1. The summed E-state index contributed by atoms with van der Waals surface area (Å²) in [5, 5.41) is 9.11. The van der Waals surface area contributed by atoms with E-state index >= 15 is 0 Å². The summed E-state index contributed by atoms with van der Waals surface area (Å²) in [7, 11) is 1.72. The fraction of sp³-hybridized carbons (Fsp3) is 0.0769. The van der Waals surface area contributed by atoms with Gasteiger partial charge in [0.15, 0.2) is 5.11 Å². The number of aliphatic imine (C=N–C) groups is 1. The standard InChI is InChI=1S/C26H20ClN5OS/c1-32-22-11-10-18(27)14-20(22)23(16-6-3-2-4-7-16)30-24(25(32)33)31-26(34)29-21-9-5-8-17-15-28-13-12-19(17)21/h2-15,24H,1H3,(H2,29,31,34). The van der Waals surface area contributed by atoms with Crippen molar-refractivity contribution in [2.24, 2.45) is 4.99 Å². The highest BCUT2D eigenvalue weighted by Crippen LogP contribution is 2.30. The Labute approximate surface area is 207 Å². The second-order valence-corrected chi connectivity index (χ2v) is 8.65. The Morgan fingerprint density at radius 3 is 2.71 bits per heavy atom. The molecular weight excluding hydrogens is 466 g/mol. The van der Waals surface area contributed by atoms with Crippen LogP contribution < -0.4 is 15.5 Å². The lowest BCUT2D eigenvalue weighted by Gasteiger charge is -2.22. The summed E-state index contributed by atoms with van der Waals surface area (Å²) >= 11 is 11.9. The van der Waals surface area contributed by atoms with Gasteiger partial charge in [-0.1, -0.05) is 54.1 Å². The Balaban J connectivity index is 1.51. The summed E-state index contributed by atoms with van der Waals surface area (Å²) in [6, 6.07) is 22.9. The van der Waals surface area contributed by atoms with Crippen molar-refractivity contribution >= 4 is 62.7 Å². The minimum absolute atomic E-state index is 0.235. The van der Waals surface area contributed by atoms with Crippen LogP contribution in [0.2, 0.25) is 5.02 Å². The molecule has 1 atom stereocenters. The average Bonchev–Trinajstić information content (AvgIpc) is 2.95. The molecule has 0 spiro atoms. The van der Waals surface area contributed by atoms with Crippen LogP contribution in [0.4, 0.5) is 11.4 Å². The molecule has 8 heteroatoms. The number of pyridine rings is 1. The Bertz CT molecular complexity index is 1430. The number of nitrogens with one attached hydrogen (secondary N) is 2. The van der Waals surface area contributed by atoms with Crippen LogP contribution in [0.1, 0.15) is 11.1 Å². The molecule has 5 rings (SSSR count). The van der Waals surface area contributed by atoms with Crippen molar-refractivity contribution < 1.29 is 4.79 Å². The quantitative estimate of drug-likeness (QED) is 0.399. The van der Waals surface area contributed by atoms with Gasteiger partial charge in [0.05, 0.1) is 11.4 Å². The van der Waals surface area contributed by atoms with Crippen LogP contribution in [-0.4, -0.2) is 34.9 Å². The fourth-order valence-corrected chi connectivity index (χ4v) is 4.37. The maximum Gasteiger partial charge on any atom is 0.272 e. The van der Waals surface area contributed by atoms with Gasteiger partial charge >= 0.3 is 0 Å². The number of hydrogen-bond acceptors (Lipinski definition) is 4. The third kappa shape index (κ3) is 4.23. The summed E-state index contributed by atoms with van der Waals surface area (Å²) in [4.78, 5) is 24.0. The van der Waals surface area contributed by atoms with Gasteiger partial charge in [-0.05, 0) is 42.5 Å². The topological polar surface area (TPSA) is 69.6 Å². The number of anilines is 2. The van der Waals surface area contributed by atoms with E-state index in [2.05, 4.69) is 15.6 Å². The van der Waals surface area contributed by atoms with Crippen LogP contribution in [-0.2, 0) is 4.79 Å². The number of aromatic nitrogens is 1. The van der Waals surface area contributed by atoms with E-state index in [0.717, 1.165) is 33.3 Å². The Hall–Kier alpha value is -3.81. The Morgan fingerprint density at radius 1 is 1.06 bits per heavy atom. The summed E-state index contributed by atoms with van der Waals surface area (Å²) in [6.07, 6.45) is 2.59. The molecule has 34 heavy (non-hydrogen) atoms. The van der Waals surface area contributed by atoms with Crippen molar-refractivity contribution in [3.63, 3.8) is 0 Å². The number of carbonyl (C=O) groups excluding carboxylic acids is 1. The van der Waals surface area contributed by atoms with Crippen LogP contribution in [0, 0.1) is 0 Å². The molecular formula is C26H20ClN5OS. The molecule has 2 N–H and O–H groups in total. The fourth-order valence-electron chi connectivity index (χ4n) is 3.98. The van der Waals surface area contributed by atoms with E-state index in [1.807, 2.05) is 66.7 Å². The minimum Gasteiger partial charge on any atom is -0.333 e. The summed E-state index contributed by atoms with van der Waals surface area (Å²) in [5.41, 5.74) is 3.85. The Morgan fingerprint density at radius 2 is 1.88 bits per heavy atom. The molecule has 1 aliphatic heterocycles. The van der Waals surface area contributed by atoms with Gasteiger partial charge in [0.2, 0.25) is 6.17 Å². The second kappa shape index (κ2) is 9.21. The highest BCUT2D eigenvalue weighted by Gasteiger charge is 2.30. The maximum atomic E-state index is 13.4. The van der Waals surface area contributed by atoms with Crippen LogP contribution >= 0.6 is 23.8 Å². The number of fused-ring (bicyclic) bond motifs is 2.